The summed E-state index contributed by atoms with van der Waals surface area (Å²) in [5.41, 5.74) is -0.109. The minimum atomic E-state index is -1.17. The van der Waals surface area contributed by atoms with Gasteiger partial charge in [-0.3, -0.25) is 4.99 Å². The molecular formula is C20H20ClNO2. The van der Waals surface area contributed by atoms with Gasteiger partial charge in [-0.2, -0.15) is 0 Å². The second-order valence-electron chi connectivity index (χ2n) is 7.05. The lowest BCUT2D eigenvalue weighted by Crippen LogP contribution is -2.38. The molecule has 0 fully saturated rings. The van der Waals surface area contributed by atoms with Gasteiger partial charge in [0, 0.05) is 5.02 Å². The fourth-order valence-corrected chi connectivity index (χ4v) is 2.88. The summed E-state index contributed by atoms with van der Waals surface area (Å²) in [5, 5.41) is 2.38. The Bertz CT molecular complexity index is 890. The molecule has 2 aromatic rings. The number of ether oxygens (including phenoxy) is 1. The topological polar surface area (TPSA) is 38.7 Å². The molecule has 4 heteroatoms. The lowest BCUT2D eigenvalue weighted by atomic mass is 9.89. The summed E-state index contributed by atoms with van der Waals surface area (Å²) in [6.07, 6.45) is 1.87. The van der Waals surface area contributed by atoms with Gasteiger partial charge in [-0.05, 0) is 62.2 Å². The number of rotatable bonds is 2. The number of carbonyl (C=O) groups is 1. The van der Waals surface area contributed by atoms with Gasteiger partial charge in [0.15, 0.2) is 0 Å². The quantitative estimate of drug-likeness (QED) is 0.786. The van der Waals surface area contributed by atoms with Gasteiger partial charge < -0.3 is 4.74 Å². The summed E-state index contributed by atoms with van der Waals surface area (Å²) < 4.78 is 5.68. The van der Waals surface area contributed by atoms with Crippen molar-refractivity contribution >= 4 is 23.6 Å². The summed E-state index contributed by atoms with van der Waals surface area (Å²) in [6.45, 7) is 7.48. The number of halogens is 1. The molecule has 1 atom stereocenters. The average molecular weight is 342 g/mol. The molecule has 0 N–H and O–H groups in total. The van der Waals surface area contributed by atoms with Crippen molar-refractivity contribution in [2.75, 3.05) is 0 Å². The van der Waals surface area contributed by atoms with E-state index in [-0.39, 0.29) is 5.97 Å². The summed E-state index contributed by atoms with van der Waals surface area (Å²) in [4.78, 5) is 17.8. The van der Waals surface area contributed by atoms with E-state index in [0.717, 1.165) is 21.7 Å². The fraction of sp³-hybridized carbons (Fsp3) is 0.300. The number of fused-ring (bicyclic) bond motifs is 1. The lowest BCUT2D eigenvalue weighted by Gasteiger charge is -2.28. The van der Waals surface area contributed by atoms with Crippen molar-refractivity contribution in [3.8, 4) is 0 Å². The predicted octanol–water partition coefficient (Wildman–Crippen LogP) is 3.30. The molecule has 3 rings (SSSR count). The van der Waals surface area contributed by atoms with Gasteiger partial charge >= 0.3 is 5.97 Å². The highest BCUT2D eigenvalue weighted by Crippen LogP contribution is 2.34. The van der Waals surface area contributed by atoms with E-state index in [1.165, 1.54) is 0 Å². The van der Waals surface area contributed by atoms with Crippen LogP contribution in [0.2, 0.25) is 5.02 Å². The van der Waals surface area contributed by atoms with Crippen molar-refractivity contribution in [1.29, 1.82) is 0 Å². The number of nitrogens with zero attached hydrogens (tertiary/aromatic N) is 1. The van der Waals surface area contributed by atoms with E-state index in [9.17, 15) is 4.79 Å². The molecule has 0 aliphatic carbocycles. The highest BCUT2D eigenvalue weighted by atomic mass is 35.5. The van der Waals surface area contributed by atoms with E-state index >= 15 is 0 Å². The van der Waals surface area contributed by atoms with E-state index in [4.69, 9.17) is 21.3 Å². The molecule has 0 aromatic heterocycles. The van der Waals surface area contributed by atoms with E-state index in [2.05, 4.69) is 0 Å². The van der Waals surface area contributed by atoms with Crippen LogP contribution in [0.5, 0.6) is 0 Å². The highest BCUT2D eigenvalue weighted by Gasteiger charge is 2.43. The maximum atomic E-state index is 13.1. The van der Waals surface area contributed by atoms with Crippen LogP contribution < -0.4 is 10.6 Å². The first kappa shape index (κ1) is 16.7. The van der Waals surface area contributed by atoms with Crippen molar-refractivity contribution in [2.24, 2.45) is 4.99 Å². The summed E-state index contributed by atoms with van der Waals surface area (Å²) >= 11 is 6.15. The van der Waals surface area contributed by atoms with Gasteiger partial charge in [-0.15, -0.1) is 0 Å². The maximum Gasteiger partial charge on any atom is 0.343 e. The first-order chi connectivity index (χ1) is 11.2. The predicted molar refractivity (Wildman–Crippen MR) is 95.4 cm³/mol. The largest absolute Gasteiger partial charge is 0.458 e. The maximum absolute atomic E-state index is 13.1. The van der Waals surface area contributed by atoms with Gasteiger partial charge in [0.05, 0.1) is 5.36 Å². The Balaban J connectivity index is 2.21. The van der Waals surface area contributed by atoms with E-state index in [1.807, 2.05) is 70.2 Å². The van der Waals surface area contributed by atoms with Crippen molar-refractivity contribution in [1.82, 2.24) is 0 Å². The van der Waals surface area contributed by atoms with Crippen LogP contribution in [-0.4, -0.2) is 11.6 Å². The molecule has 0 saturated heterocycles. The Kier molecular flexibility index (Phi) is 4.00. The first-order valence-electron chi connectivity index (χ1n) is 7.89. The molecule has 1 unspecified atom stereocenters. The molecule has 24 heavy (non-hydrogen) atoms. The van der Waals surface area contributed by atoms with Crippen LogP contribution in [0.1, 0.15) is 31.9 Å². The third-order valence-corrected chi connectivity index (χ3v) is 4.33. The number of para-hydroxylation sites is 1. The van der Waals surface area contributed by atoms with Crippen LogP contribution in [0.15, 0.2) is 47.5 Å². The zero-order chi connectivity index (χ0) is 17.5. The first-order valence-corrected chi connectivity index (χ1v) is 8.27. The van der Waals surface area contributed by atoms with Crippen LogP contribution >= 0.6 is 11.6 Å². The lowest BCUT2D eigenvalue weighted by molar-refractivity contribution is -0.159. The second-order valence-corrected chi connectivity index (χ2v) is 7.45. The van der Waals surface area contributed by atoms with Crippen molar-refractivity contribution < 1.29 is 9.53 Å². The summed E-state index contributed by atoms with van der Waals surface area (Å²) in [7, 11) is 0. The van der Waals surface area contributed by atoms with Gasteiger partial charge in [-0.25, -0.2) is 4.79 Å². The normalized spacial score (nSPS) is 19.2. The molecule has 0 amide bonds. The number of esters is 1. The number of hydrogen-bond donors (Lipinski definition) is 0. The molecule has 1 aliphatic rings. The minimum Gasteiger partial charge on any atom is -0.458 e. The number of carbonyl (C=O) groups excluding carboxylic acids is 1. The Morgan fingerprint density at radius 1 is 1.17 bits per heavy atom. The molecule has 0 bridgehead atoms. The van der Waals surface area contributed by atoms with Crippen LogP contribution in [0.25, 0.3) is 6.08 Å². The zero-order valence-corrected chi connectivity index (χ0v) is 15.0. The summed E-state index contributed by atoms with van der Waals surface area (Å²) in [6, 6.07) is 13.2. The zero-order valence-electron chi connectivity index (χ0n) is 14.3. The van der Waals surface area contributed by atoms with Crippen LogP contribution in [0.4, 0.5) is 0 Å². The monoisotopic (exact) mass is 341 g/mol. The Morgan fingerprint density at radius 2 is 1.88 bits per heavy atom. The Labute approximate surface area is 146 Å². The summed E-state index contributed by atoms with van der Waals surface area (Å²) in [5.74, 6) is -0.382. The molecule has 0 radical (unpaired) electrons. The molecule has 0 saturated carbocycles. The molecular weight excluding hydrogens is 322 g/mol. The molecule has 1 aliphatic heterocycles. The van der Waals surface area contributed by atoms with Gasteiger partial charge in [0.2, 0.25) is 5.54 Å². The Morgan fingerprint density at radius 3 is 2.50 bits per heavy atom. The number of aryl methyl sites for hydroxylation is 1. The molecule has 124 valence electrons. The van der Waals surface area contributed by atoms with Crippen molar-refractivity contribution in [3.05, 3.63) is 69.2 Å². The molecule has 3 nitrogen and oxygen atoms in total. The Hall–Kier alpha value is -2.13. The number of hydrogen-bond acceptors (Lipinski definition) is 3. The second kappa shape index (κ2) is 5.75. The van der Waals surface area contributed by atoms with E-state index in [1.54, 1.807) is 6.07 Å². The smallest absolute Gasteiger partial charge is 0.343 e. The van der Waals surface area contributed by atoms with Crippen molar-refractivity contribution in [2.45, 2.75) is 38.8 Å². The molecule has 0 spiro atoms. The van der Waals surface area contributed by atoms with E-state index in [0.29, 0.717) is 5.02 Å². The highest BCUT2D eigenvalue weighted by molar-refractivity contribution is 6.31. The van der Waals surface area contributed by atoms with Gasteiger partial charge in [0.1, 0.15) is 5.60 Å². The number of benzene rings is 2. The molecule has 1 heterocycles. The van der Waals surface area contributed by atoms with Gasteiger partial charge in [0.25, 0.3) is 0 Å². The standard InChI is InChI=1S/C20H20ClNO2/c1-13-11-15(9-10-16(13)21)20(18(23)24-19(2,3)4)12-14-7-5-6-8-17(14)22-20/h5-12H,1-4H3. The van der Waals surface area contributed by atoms with Crippen LogP contribution in [0.3, 0.4) is 0 Å². The SMILES string of the molecule is Cc1cc(C2(C(=O)OC(C)(C)C)C=c3ccccc3=N2)ccc1Cl. The van der Waals surface area contributed by atoms with Gasteiger partial charge in [-0.1, -0.05) is 41.9 Å². The average Bonchev–Trinajstić information content (AvgIpc) is 2.89. The fourth-order valence-electron chi connectivity index (χ4n) is 2.77. The minimum absolute atomic E-state index is 0.382. The molecule has 2 aromatic carbocycles. The van der Waals surface area contributed by atoms with E-state index < -0.39 is 11.1 Å². The third kappa shape index (κ3) is 2.96. The third-order valence-electron chi connectivity index (χ3n) is 3.91. The van der Waals surface area contributed by atoms with Crippen LogP contribution in [-0.2, 0) is 15.1 Å². The van der Waals surface area contributed by atoms with Crippen LogP contribution in [0, 0.1) is 6.92 Å². The van der Waals surface area contributed by atoms with Crippen molar-refractivity contribution in [3.63, 3.8) is 0 Å².